The summed E-state index contributed by atoms with van der Waals surface area (Å²) in [6.45, 7) is 6.65. The Kier molecular flexibility index (Phi) is 3.43. The lowest BCUT2D eigenvalue weighted by Crippen LogP contribution is -2.05. The third-order valence-corrected chi connectivity index (χ3v) is 2.97. The summed E-state index contributed by atoms with van der Waals surface area (Å²) >= 11 is 0. The van der Waals surface area contributed by atoms with Gasteiger partial charge in [-0.05, 0) is 38.0 Å². The van der Waals surface area contributed by atoms with E-state index >= 15 is 0 Å². The van der Waals surface area contributed by atoms with Crippen molar-refractivity contribution in [2.45, 2.75) is 20.8 Å². The molecule has 5 nitrogen and oxygen atoms in total. The van der Waals surface area contributed by atoms with Gasteiger partial charge in [0.15, 0.2) is 5.82 Å². The first-order valence-corrected chi connectivity index (χ1v) is 6.18. The van der Waals surface area contributed by atoms with E-state index in [2.05, 4.69) is 16.5 Å². The van der Waals surface area contributed by atoms with E-state index in [1.807, 2.05) is 39.0 Å². The van der Waals surface area contributed by atoms with E-state index in [-0.39, 0.29) is 0 Å². The number of nitriles is 1. The minimum absolute atomic E-state index is 0.368. The minimum Gasteiger partial charge on any atom is -0.382 e. The molecule has 0 bridgehead atoms. The Bertz CT molecular complexity index is 649. The molecule has 2 aromatic rings. The fraction of sp³-hybridized carbons (Fsp3) is 0.286. The Hall–Kier alpha value is -2.48. The first kappa shape index (κ1) is 13.0. The van der Waals surface area contributed by atoms with Gasteiger partial charge in [-0.3, -0.25) is 0 Å². The molecule has 0 unspecified atom stereocenters. The number of benzene rings is 1. The van der Waals surface area contributed by atoms with Crippen molar-refractivity contribution in [1.29, 1.82) is 5.26 Å². The molecule has 0 aliphatic rings. The van der Waals surface area contributed by atoms with Crippen molar-refractivity contribution < 1.29 is 0 Å². The predicted molar refractivity (Wildman–Crippen MR) is 76.3 cm³/mol. The van der Waals surface area contributed by atoms with E-state index in [1.54, 1.807) is 4.68 Å². The van der Waals surface area contributed by atoms with Crippen LogP contribution in [-0.2, 0) is 0 Å². The highest BCUT2D eigenvalue weighted by Crippen LogP contribution is 2.26. The zero-order valence-corrected chi connectivity index (χ0v) is 11.4. The molecule has 0 saturated carbocycles. The van der Waals surface area contributed by atoms with Crippen molar-refractivity contribution in [3.8, 4) is 11.8 Å². The molecule has 1 aromatic heterocycles. The SMILES string of the molecule is CCNc1nn(-c2cc(C)ccc2C)c(N)c1C#N. The fourth-order valence-corrected chi connectivity index (χ4v) is 1.96. The van der Waals surface area contributed by atoms with Gasteiger partial charge in [0.05, 0.1) is 5.69 Å². The first-order chi connectivity index (χ1) is 9.08. The second-order valence-corrected chi connectivity index (χ2v) is 4.45. The van der Waals surface area contributed by atoms with Gasteiger partial charge < -0.3 is 11.1 Å². The molecule has 19 heavy (non-hydrogen) atoms. The van der Waals surface area contributed by atoms with Gasteiger partial charge in [0.25, 0.3) is 0 Å². The zero-order chi connectivity index (χ0) is 14.0. The number of nitrogens with two attached hydrogens (primary N) is 1. The van der Waals surface area contributed by atoms with Gasteiger partial charge in [-0.15, -0.1) is 5.10 Å². The molecule has 0 saturated heterocycles. The number of rotatable bonds is 3. The summed E-state index contributed by atoms with van der Waals surface area (Å²) in [6, 6.07) is 8.17. The second kappa shape index (κ2) is 5.02. The molecule has 98 valence electrons. The fourth-order valence-electron chi connectivity index (χ4n) is 1.96. The average Bonchev–Trinajstić information content (AvgIpc) is 2.69. The molecule has 3 N–H and O–H groups in total. The molecule has 1 aromatic carbocycles. The summed E-state index contributed by atoms with van der Waals surface area (Å²) in [5.74, 6) is 0.899. The third-order valence-electron chi connectivity index (χ3n) is 2.97. The van der Waals surface area contributed by atoms with E-state index < -0.39 is 0 Å². The van der Waals surface area contributed by atoms with Crippen molar-refractivity contribution in [3.63, 3.8) is 0 Å². The van der Waals surface area contributed by atoms with Crippen molar-refractivity contribution in [2.24, 2.45) is 0 Å². The van der Waals surface area contributed by atoms with E-state index in [1.165, 1.54) is 0 Å². The lowest BCUT2D eigenvalue weighted by Gasteiger charge is -2.08. The van der Waals surface area contributed by atoms with Crippen LogP contribution in [0.15, 0.2) is 18.2 Å². The normalized spacial score (nSPS) is 10.2. The van der Waals surface area contributed by atoms with E-state index in [0.29, 0.717) is 23.7 Å². The molecule has 0 amide bonds. The Morgan fingerprint density at radius 1 is 1.42 bits per heavy atom. The van der Waals surface area contributed by atoms with Gasteiger partial charge in [-0.1, -0.05) is 12.1 Å². The van der Waals surface area contributed by atoms with Gasteiger partial charge in [0.1, 0.15) is 17.5 Å². The van der Waals surface area contributed by atoms with Crippen LogP contribution in [0.3, 0.4) is 0 Å². The van der Waals surface area contributed by atoms with Crippen molar-refractivity contribution in [1.82, 2.24) is 9.78 Å². The van der Waals surface area contributed by atoms with Crippen LogP contribution in [-0.4, -0.2) is 16.3 Å². The van der Waals surface area contributed by atoms with E-state index in [4.69, 9.17) is 5.73 Å². The molecule has 0 fully saturated rings. The number of hydrogen-bond acceptors (Lipinski definition) is 4. The molecule has 0 aliphatic carbocycles. The molecule has 0 spiro atoms. The van der Waals surface area contributed by atoms with Crippen LogP contribution in [0.5, 0.6) is 0 Å². The highest BCUT2D eigenvalue weighted by atomic mass is 15.3. The van der Waals surface area contributed by atoms with Gasteiger partial charge in [0.2, 0.25) is 0 Å². The second-order valence-electron chi connectivity index (χ2n) is 4.45. The van der Waals surface area contributed by atoms with E-state index in [9.17, 15) is 5.26 Å². The lowest BCUT2D eigenvalue weighted by atomic mass is 10.1. The number of hydrogen-bond donors (Lipinski definition) is 2. The molecular formula is C14H17N5. The number of anilines is 2. The van der Waals surface area contributed by atoms with Crippen LogP contribution in [0.1, 0.15) is 23.6 Å². The smallest absolute Gasteiger partial charge is 0.168 e. The Morgan fingerprint density at radius 3 is 2.79 bits per heavy atom. The van der Waals surface area contributed by atoms with Crippen LogP contribution >= 0.6 is 0 Å². The maximum absolute atomic E-state index is 9.19. The summed E-state index contributed by atoms with van der Waals surface area (Å²) in [5, 5.41) is 16.6. The number of nitrogens with one attached hydrogen (secondary N) is 1. The number of aromatic nitrogens is 2. The Morgan fingerprint density at radius 2 is 2.16 bits per heavy atom. The molecule has 0 radical (unpaired) electrons. The summed E-state index contributed by atoms with van der Waals surface area (Å²) < 4.78 is 1.62. The zero-order valence-electron chi connectivity index (χ0n) is 11.4. The summed E-state index contributed by atoms with van der Waals surface area (Å²) in [4.78, 5) is 0. The van der Waals surface area contributed by atoms with Gasteiger partial charge >= 0.3 is 0 Å². The maximum atomic E-state index is 9.19. The summed E-state index contributed by atoms with van der Waals surface area (Å²) in [6.07, 6.45) is 0. The van der Waals surface area contributed by atoms with Crippen molar-refractivity contribution in [3.05, 3.63) is 34.9 Å². The molecule has 2 rings (SSSR count). The molecule has 1 heterocycles. The number of nitrogens with zero attached hydrogens (tertiary/aromatic N) is 3. The van der Waals surface area contributed by atoms with Crippen LogP contribution < -0.4 is 11.1 Å². The predicted octanol–water partition coefficient (Wildman–Crippen LogP) is 2.37. The topological polar surface area (TPSA) is 79.7 Å². The number of nitrogen functional groups attached to an aromatic ring is 1. The van der Waals surface area contributed by atoms with Gasteiger partial charge in [0, 0.05) is 6.54 Å². The van der Waals surface area contributed by atoms with Crippen molar-refractivity contribution >= 4 is 11.6 Å². The Labute approximate surface area is 112 Å². The summed E-state index contributed by atoms with van der Waals surface area (Å²) in [7, 11) is 0. The maximum Gasteiger partial charge on any atom is 0.168 e. The number of aryl methyl sites for hydroxylation is 2. The minimum atomic E-state index is 0.368. The van der Waals surface area contributed by atoms with Crippen molar-refractivity contribution in [2.75, 3.05) is 17.6 Å². The van der Waals surface area contributed by atoms with Crippen LogP contribution in [0, 0.1) is 25.2 Å². The molecule has 0 atom stereocenters. The highest BCUT2D eigenvalue weighted by molar-refractivity contribution is 5.66. The third kappa shape index (κ3) is 2.25. The standard InChI is InChI=1S/C14H17N5/c1-4-17-14-11(8-15)13(16)19(18-14)12-7-9(2)5-6-10(12)3/h5-7H,4,16H2,1-3H3,(H,17,18). The van der Waals surface area contributed by atoms with Gasteiger partial charge in [-0.2, -0.15) is 5.26 Å². The summed E-state index contributed by atoms with van der Waals surface area (Å²) in [5.41, 5.74) is 9.51. The van der Waals surface area contributed by atoms with E-state index in [0.717, 1.165) is 16.8 Å². The first-order valence-electron chi connectivity index (χ1n) is 6.18. The van der Waals surface area contributed by atoms with Crippen LogP contribution in [0.25, 0.3) is 5.69 Å². The van der Waals surface area contributed by atoms with Crippen LogP contribution in [0.4, 0.5) is 11.6 Å². The Balaban J connectivity index is 2.63. The monoisotopic (exact) mass is 255 g/mol. The largest absolute Gasteiger partial charge is 0.382 e. The van der Waals surface area contributed by atoms with Crippen LogP contribution in [0.2, 0.25) is 0 Å². The highest BCUT2D eigenvalue weighted by Gasteiger charge is 2.17. The molecule has 0 aliphatic heterocycles. The quantitative estimate of drug-likeness (QED) is 0.882. The lowest BCUT2D eigenvalue weighted by molar-refractivity contribution is 0.880. The van der Waals surface area contributed by atoms with Gasteiger partial charge in [-0.25, -0.2) is 4.68 Å². The molecular weight excluding hydrogens is 238 g/mol. The average molecular weight is 255 g/mol. The molecule has 5 heteroatoms.